The molecule has 3 saturated heterocycles. The number of rotatable bonds is 2. The van der Waals surface area contributed by atoms with Crippen molar-refractivity contribution in [2.24, 2.45) is 0 Å². The van der Waals surface area contributed by atoms with Crippen LogP contribution in [-0.4, -0.2) is 33.7 Å². The van der Waals surface area contributed by atoms with Crippen molar-refractivity contribution < 1.29 is 4.74 Å². The molecule has 3 heterocycles. The first-order chi connectivity index (χ1) is 7.82. The molecular weight excluding hydrogens is 231 g/mol. The molecule has 1 aromatic carbocycles. The molecule has 0 saturated carbocycles. The summed E-state index contributed by atoms with van der Waals surface area (Å²) in [6.45, 7) is 0. The van der Waals surface area contributed by atoms with E-state index in [0.29, 0.717) is 7.92 Å². The zero-order valence-electron chi connectivity index (χ0n) is 9.91. The van der Waals surface area contributed by atoms with Gasteiger partial charge in [-0.05, 0) is 48.8 Å². The molecule has 1 aromatic rings. The number of ether oxygens (including phenoxy) is 1. The summed E-state index contributed by atoms with van der Waals surface area (Å²) in [6.07, 6.45) is 4.73. The quantitative estimate of drug-likeness (QED) is 0.579. The van der Waals surface area contributed by atoms with Crippen molar-refractivity contribution in [3.05, 3.63) is 24.3 Å². The van der Waals surface area contributed by atoms with Crippen LogP contribution in [-0.2, 0) is 0 Å². The molecule has 0 spiro atoms. The maximum Gasteiger partial charge on any atom is 0.118 e. The third-order valence-electron chi connectivity index (χ3n) is 4.42. The summed E-state index contributed by atoms with van der Waals surface area (Å²) in [4.78, 5) is 0. The van der Waals surface area contributed by atoms with Crippen molar-refractivity contribution in [3.63, 3.8) is 0 Å². The zero-order valence-corrected chi connectivity index (χ0v) is 11.8. The number of benzene rings is 1. The van der Waals surface area contributed by atoms with Crippen LogP contribution < -0.4 is 9.92 Å². The van der Waals surface area contributed by atoms with Crippen molar-refractivity contribution in [2.45, 2.75) is 18.1 Å². The second-order valence-electron chi connectivity index (χ2n) is 5.10. The maximum atomic E-state index is 5.25. The summed E-state index contributed by atoms with van der Waals surface area (Å²) in [5.41, 5.74) is 0. The van der Waals surface area contributed by atoms with Crippen molar-refractivity contribution in [2.75, 3.05) is 25.6 Å². The third kappa shape index (κ3) is 1.72. The number of hydrogen-bond donors (Lipinski definition) is 0. The van der Waals surface area contributed by atoms with Gasteiger partial charge in [-0.15, -0.1) is 7.92 Å². The Labute approximate surface area is 100.0 Å². The van der Waals surface area contributed by atoms with Gasteiger partial charge in [-0.2, -0.15) is 0 Å². The second kappa shape index (κ2) is 4.16. The highest BCUT2D eigenvalue weighted by Crippen LogP contribution is 2.53. The Kier molecular flexibility index (Phi) is 2.81. The molecule has 4 rings (SSSR count). The molecule has 0 N–H and O–H groups in total. The van der Waals surface area contributed by atoms with Gasteiger partial charge in [0, 0.05) is 0 Å². The number of fused-ring (bicyclic) bond motifs is 3. The lowest BCUT2D eigenvalue weighted by molar-refractivity contribution is 0.415. The molecule has 86 valence electrons. The first kappa shape index (κ1) is 10.8. The van der Waals surface area contributed by atoms with E-state index in [0.717, 1.165) is 5.75 Å². The average Bonchev–Trinajstić information content (AvgIpc) is 2.41. The molecule has 0 atom stereocenters. The Bertz CT molecular complexity index is 354. The molecule has 3 fully saturated rings. The van der Waals surface area contributed by atoms with Crippen LogP contribution in [0.3, 0.4) is 0 Å². The highest BCUT2D eigenvalue weighted by atomic mass is 31.1. The average molecular weight is 250 g/mol. The minimum absolute atomic E-state index is 0.475. The van der Waals surface area contributed by atoms with Gasteiger partial charge in [0.1, 0.15) is 5.75 Å². The van der Waals surface area contributed by atoms with Crippen LogP contribution in [0.5, 0.6) is 5.75 Å². The Balaban J connectivity index is 1.89. The molecule has 3 aliphatic rings. The van der Waals surface area contributed by atoms with Crippen molar-refractivity contribution in [1.29, 1.82) is 0 Å². The number of hydrogen-bond acceptors (Lipinski definition) is 1. The topological polar surface area (TPSA) is 9.23 Å². The molecular formula is C13H19OPSi. The summed E-state index contributed by atoms with van der Waals surface area (Å²) in [5.74, 6) is 1.00. The third-order valence-corrected chi connectivity index (χ3v) is 13.4. The van der Waals surface area contributed by atoms with E-state index in [1.165, 1.54) is 0 Å². The lowest BCUT2D eigenvalue weighted by Crippen LogP contribution is -2.53. The van der Waals surface area contributed by atoms with Gasteiger partial charge in [0.15, 0.2) is 0 Å². The van der Waals surface area contributed by atoms with E-state index < -0.39 is 8.07 Å². The standard InChI is InChI=1S/C13H19OPSi/c1-14-12-2-4-13(5-3-12)16-9-6-15(7-10-16)8-11-16/h2-5H,6-11H2,1H3. The van der Waals surface area contributed by atoms with Crippen LogP contribution in [0.4, 0.5) is 0 Å². The van der Waals surface area contributed by atoms with Crippen molar-refractivity contribution >= 4 is 21.2 Å². The molecule has 16 heavy (non-hydrogen) atoms. The highest BCUT2D eigenvalue weighted by Gasteiger charge is 2.43. The number of methoxy groups -OCH3 is 1. The SMILES string of the molecule is COc1ccc([Si]23CCP(CC2)CC3)cc1. The summed E-state index contributed by atoms with van der Waals surface area (Å²) >= 11 is 0. The summed E-state index contributed by atoms with van der Waals surface area (Å²) in [5, 5.41) is 1.70. The molecule has 3 heteroatoms. The largest absolute Gasteiger partial charge is 0.497 e. The minimum Gasteiger partial charge on any atom is -0.497 e. The summed E-state index contributed by atoms with van der Waals surface area (Å²) in [6, 6.07) is 13.7. The molecule has 0 unspecified atom stereocenters. The normalized spacial score (nSPS) is 32.7. The molecule has 0 radical (unpaired) electrons. The molecule has 0 amide bonds. The van der Waals surface area contributed by atoms with Gasteiger partial charge >= 0.3 is 0 Å². The summed E-state index contributed by atoms with van der Waals surface area (Å²) in [7, 11) is 1.18. The maximum absolute atomic E-state index is 5.25. The van der Waals surface area contributed by atoms with Crippen LogP contribution in [0.1, 0.15) is 0 Å². The molecule has 3 aliphatic heterocycles. The lowest BCUT2D eigenvalue weighted by Gasteiger charge is -2.45. The van der Waals surface area contributed by atoms with Crippen LogP contribution in [0.15, 0.2) is 24.3 Å². The Hall–Kier alpha value is -0.333. The molecule has 0 aromatic heterocycles. The van der Waals surface area contributed by atoms with E-state index in [9.17, 15) is 0 Å². The van der Waals surface area contributed by atoms with E-state index in [-0.39, 0.29) is 0 Å². The van der Waals surface area contributed by atoms with E-state index in [4.69, 9.17) is 4.74 Å². The minimum atomic E-state index is -1.04. The van der Waals surface area contributed by atoms with Gasteiger partial charge in [-0.25, -0.2) is 0 Å². The first-order valence-corrected chi connectivity index (χ1v) is 10.7. The van der Waals surface area contributed by atoms with Gasteiger partial charge < -0.3 is 4.74 Å². The van der Waals surface area contributed by atoms with Crippen LogP contribution in [0.2, 0.25) is 18.1 Å². The fourth-order valence-corrected chi connectivity index (χ4v) is 15.3. The smallest absolute Gasteiger partial charge is 0.118 e. The Morgan fingerprint density at radius 2 is 1.56 bits per heavy atom. The van der Waals surface area contributed by atoms with Crippen LogP contribution in [0, 0.1) is 0 Å². The molecule has 1 nitrogen and oxygen atoms in total. The van der Waals surface area contributed by atoms with Crippen molar-refractivity contribution in [1.82, 2.24) is 0 Å². The van der Waals surface area contributed by atoms with Gasteiger partial charge in [0.2, 0.25) is 0 Å². The predicted octanol–water partition coefficient (Wildman–Crippen LogP) is 2.86. The van der Waals surface area contributed by atoms with E-state index in [1.807, 2.05) is 0 Å². The monoisotopic (exact) mass is 250 g/mol. The van der Waals surface area contributed by atoms with Crippen LogP contribution in [0.25, 0.3) is 0 Å². The highest BCUT2D eigenvalue weighted by molar-refractivity contribution is 7.59. The zero-order chi connectivity index (χ0) is 11.0. The predicted molar refractivity (Wildman–Crippen MR) is 74.3 cm³/mol. The fraction of sp³-hybridized carbons (Fsp3) is 0.538. The van der Waals surface area contributed by atoms with E-state index in [1.54, 1.807) is 48.9 Å². The Morgan fingerprint density at radius 3 is 2.06 bits per heavy atom. The fourth-order valence-electron chi connectivity index (χ4n) is 3.20. The first-order valence-electron chi connectivity index (χ1n) is 6.19. The van der Waals surface area contributed by atoms with E-state index in [2.05, 4.69) is 24.3 Å². The van der Waals surface area contributed by atoms with Crippen LogP contribution >= 0.6 is 7.92 Å². The van der Waals surface area contributed by atoms with Gasteiger partial charge in [-0.1, -0.05) is 17.3 Å². The van der Waals surface area contributed by atoms with E-state index >= 15 is 0 Å². The van der Waals surface area contributed by atoms with Gasteiger partial charge in [0.05, 0.1) is 15.2 Å². The van der Waals surface area contributed by atoms with Gasteiger partial charge in [-0.3, -0.25) is 0 Å². The molecule has 2 bridgehead atoms. The Morgan fingerprint density at radius 1 is 1.00 bits per heavy atom. The summed E-state index contributed by atoms with van der Waals surface area (Å²) < 4.78 is 5.25. The van der Waals surface area contributed by atoms with Gasteiger partial charge in [0.25, 0.3) is 0 Å². The molecule has 0 aliphatic carbocycles. The van der Waals surface area contributed by atoms with Crippen molar-refractivity contribution in [3.8, 4) is 5.75 Å². The second-order valence-corrected chi connectivity index (χ2v) is 12.4. The lowest BCUT2D eigenvalue weighted by atomic mass is 10.3.